The maximum absolute atomic E-state index is 2.82. The van der Waals surface area contributed by atoms with Gasteiger partial charge in [-0.3, -0.25) is 0 Å². The normalized spacial score (nSPS) is 1.50. The van der Waals surface area contributed by atoms with Gasteiger partial charge in [0.15, 0.2) is 0 Å². The molecule has 0 aromatic rings. The Morgan fingerprint density at radius 1 is 1.25 bits per heavy atom. The monoisotopic (exact) mass is 502 g/mol. The Morgan fingerprint density at radius 2 is 1.25 bits per heavy atom. The first-order valence-electron chi connectivity index (χ1n) is 0.289. The standard InChI is InChI=1S/2Hg.H2O.Se/h;;1H2;. The predicted molar refractivity (Wildman–Crippen MR) is 9.37 cm³/mol. The molecule has 0 saturated carbocycles. The van der Waals surface area contributed by atoms with E-state index in [0.717, 1.165) is 23.1 Å². The zero-order valence-electron chi connectivity index (χ0n) is 2.32. The van der Waals surface area contributed by atoms with Gasteiger partial charge in [0.1, 0.15) is 0 Å². The van der Waals surface area contributed by atoms with Crippen LogP contribution in [0.3, 0.4) is 0 Å². The Labute approximate surface area is 66.4 Å². The summed E-state index contributed by atoms with van der Waals surface area (Å²) in [5.41, 5.74) is 0. The summed E-state index contributed by atoms with van der Waals surface area (Å²) in [6, 6.07) is 0. The molecule has 0 aliphatic heterocycles. The molecule has 0 bridgehead atoms. The van der Waals surface area contributed by atoms with E-state index < -0.39 is 0 Å². The molecule has 0 rings (SSSR count). The second-order valence-corrected chi connectivity index (χ2v) is 0. The summed E-state index contributed by atoms with van der Waals surface area (Å²) in [6.45, 7) is 0. The second-order valence-electron chi connectivity index (χ2n) is 0. The molecular formula is H2Hg2OSe. The average molecular weight is 498 g/mol. The molecule has 0 radical (unpaired) electrons. The summed E-state index contributed by atoms with van der Waals surface area (Å²) in [4.78, 5) is 0. The van der Waals surface area contributed by atoms with Crippen LogP contribution < -0.4 is 0 Å². The molecule has 0 aromatic heterocycles. The molecule has 0 heterocycles. The van der Waals surface area contributed by atoms with E-state index in [4.69, 9.17) is 0 Å². The Kier molecular flexibility index (Phi) is 74.2. The van der Waals surface area contributed by atoms with Crippen molar-refractivity contribution in [2.75, 3.05) is 0 Å². The summed E-state index contributed by atoms with van der Waals surface area (Å²) >= 11 is 3.72. The summed E-state index contributed by atoms with van der Waals surface area (Å²) < 4.78 is 0. The van der Waals surface area contributed by atoms with Crippen molar-refractivity contribution in [3.05, 3.63) is 0 Å². The van der Waals surface area contributed by atoms with Crippen LogP contribution in [0.2, 0.25) is 0 Å². The molecule has 0 aliphatic carbocycles. The quantitative estimate of drug-likeness (QED) is 0.376. The molecule has 0 aliphatic rings. The van der Waals surface area contributed by atoms with E-state index in [0.29, 0.717) is 0 Å². The van der Waals surface area contributed by atoms with Crippen molar-refractivity contribution < 1.29 is 56.2 Å². The number of rotatable bonds is 0. The molecule has 0 aromatic carbocycles. The van der Waals surface area contributed by atoms with E-state index in [1.54, 1.807) is 0 Å². The third kappa shape index (κ3) is 8.84. The zero-order chi connectivity index (χ0) is 2.00. The summed E-state index contributed by atoms with van der Waals surface area (Å²) in [5.74, 6) is 0. The van der Waals surface area contributed by atoms with Crippen LogP contribution in [0.15, 0.2) is 0 Å². The Morgan fingerprint density at radius 3 is 1.25 bits per heavy atom. The van der Waals surface area contributed by atoms with Crippen LogP contribution >= 0.6 is 0 Å². The van der Waals surface area contributed by atoms with Crippen molar-refractivity contribution in [2.45, 2.75) is 0 Å². The fourth-order valence-corrected chi connectivity index (χ4v) is 0. The van der Waals surface area contributed by atoms with Crippen LogP contribution in [0.25, 0.3) is 0 Å². The van der Waals surface area contributed by atoms with Gasteiger partial charge in [-0.15, -0.1) is 0 Å². The SMILES string of the molecule is O.[Hg].[Se]=[Hg]. The van der Waals surface area contributed by atoms with Gasteiger partial charge in [-0.1, -0.05) is 0 Å². The van der Waals surface area contributed by atoms with Gasteiger partial charge in [-0.25, -0.2) is 0 Å². The van der Waals surface area contributed by atoms with Gasteiger partial charge in [0.05, 0.1) is 0 Å². The van der Waals surface area contributed by atoms with E-state index in [-0.39, 0.29) is 33.1 Å². The topological polar surface area (TPSA) is 31.5 Å². The molecule has 0 saturated heterocycles. The number of hydrogen-bond acceptors (Lipinski definition) is 0. The molecule has 0 atom stereocenters. The second kappa shape index (κ2) is 18.3. The molecular weight excluding hydrogens is 496 g/mol. The molecule has 4 heteroatoms. The van der Waals surface area contributed by atoms with E-state index in [1.807, 2.05) is 0 Å². The minimum atomic E-state index is 0. The Hall–Kier alpha value is 2.35. The van der Waals surface area contributed by atoms with Crippen molar-refractivity contribution in [1.29, 1.82) is 0 Å². The van der Waals surface area contributed by atoms with Gasteiger partial charge in [-0.2, -0.15) is 0 Å². The molecule has 0 spiro atoms. The predicted octanol–water partition coefficient (Wildman–Crippen LogP) is -1.21. The van der Waals surface area contributed by atoms with Gasteiger partial charge >= 0.3 is 34.4 Å². The number of hydrogen-bond donors (Lipinski definition) is 0. The first-order chi connectivity index (χ1) is 1.00. The van der Waals surface area contributed by atoms with Gasteiger partial charge in [0.2, 0.25) is 0 Å². The molecule has 0 fully saturated rings. The molecule has 0 amide bonds. The van der Waals surface area contributed by atoms with E-state index in [1.165, 1.54) is 0 Å². The van der Waals surface area contributed by atoms with Crippen molar-refractivity contribution >= 4 is 11.4 Å². The fourth-order valence-electron chi connectivity index (χ4n) is 0. The van der Waals surface area contributed by atoms with E-state index in [2.05, 4.69) is 11.4 Å². The zero-order valence-corrected chi connectivity index (χ0v) is 15.0. The van der Waals surface area contributed by atoms with Gasteiger partial charge < -0.3 is 5.48 Å². The third-order valence-electron chi connectivity index (χ3n) is 0. The van der Waals surface area contributed by atoms with Crippen LogP contribution in [0, 0.1) is 0 Å². The summed E-state index contributed by atoms with van der Waals surface area (Å²) in [5, 5.41) is 0. The molecule has 0 unspecified atom stereocenters. The van der Waals surface area contributed by atoms with Crippen molar-refractivity contribution in [2.24, 2.45) is 0 Å². The van der Waals surface area contributed by atoms with Crippen LogP contribution in [-0.4, -0.2) is 16.9 Å². The van der Waals surface area contributed by atoms with Crippen molar-refractivity contribution in [1.82, 2.24) is 0 Å². The van der Waals surface area contributed by atoms with Crippen molar-refractivity contribution in [3.8, 4) is 0 Å². The van der Waals surface area contributed by atoms with Crippen LogP contribution in [-0.2, 0) is 50.7 Å². The minimum absolute atomic E-state index is 0. The van der Waals surface area contributed by atoms with Gasteiger partial charge in [0.25, 0.3) is 0 Å². The van der Waals surface area contributed by atoms with Gasteiger partial charge in [0, 0.05) is 27.7 Å². The van der Waals surface area contributed by atoms with Crippen LogP contribution in [0.5, 0.6) is 0 Å². The summed E-state index contributed by atoms with van der Waals surface area (Å²) in [6.07, 6.45) is 0. The first kappa shape index (κ1) is 16.2. The fraction of sp³-hybridized carbons (Fsp3) is 0. The Balaban J connectivity index is -0.00000000500. The first-order valence-corrected chi connectivity index (χ1v) is 13.2. The van der Waals surface area contributed by atoms with Crippen LogP contribution in [0.4, 0.5) is 0 Å². The van der Waals surface area contributed by atoms with Gasteiger partial charge in [-0.05, 0) is 0 Å². The molecule has 4 heavy (non-hydrogen) atoms. The van der Waals surface area contributed by atoms with E-state index in [9.17, 15) is 0 Å². The molecule has 2 N–H and O–H groups in total. The van der Waals surface area contributed by atoms with Crippen molar-refractivity contribution in [3.63, 3.8) is 0 Å². The molecule has 18 valence electrons. The average Bonchev–Trinajstić information content (AvgIpc) is 1.00. The maximum atomic E-state index is 2.82. The molecule has 1 nitrogen and oxygen atoms in total. The summed E-state index contributed by atoms with van der Waals surface area (Å²) in [7, 11) is 0. The van der Waals surface area contributed by atoms with Crippen LogP contribution in [0.1, 0.15) is 0 Å². The third-order valence-corrected chi connectivity index (χ3v) is 0. The Bertz CT molecular complexity index is 6.00. The van der Waals surface area contributed by atoms with E-state index >= 15 is 0 Å².